The maximum atomic E-state index is 12.4. The number of anilines is 3. The number of hydrogen-bond donors (Lipinski definition) is 3. The second-order valence-electron chi connectivity index (χ2n) is 5.83. The lowest BCUT2D eigenvalue weighted by Gasteiger charge is -2.18. The van der Waals surface area contributed by atoms with E-state index < -0.39 is 0 Å². The standard InChI is InChI=1S/C19H24N4O2/c1-4-12-20-18(24)16-13-15(10-11-17(16)23(2)3)22-19(25)21-14-8-6-5-7-9-14/h5-11,13H,4,12H2,1-3H3,(H,20,24)(H2,21,22,25). The van der Waals surface area contributed by atoms with Crippen LogP contribution in [0, 0.1) is 0 Å². The number of benzene rings is 2. The molecule has 0 aromatic heterocycles. The molecule has 0 unspecified atom stereocenters. The number of amides is 3. The van der Waals surface area contributed by atoms with Crippen LogP contribution in [0.15, 0.2) is 48.5 Å². The number of nitrogens with zero attached hydrogens (tertiary/aromatic N) is 1. The van der Waals surface area contributed by atoms with E-state index in [0.717, 1.165) is 12.1 Å². The molecule has 0 spiro atoms. The first kappa shape index (κ1) is 18.3. The Bertz CT molecular complexity index is 729. The molecular formula is C19H24N4O2. The van der Waals surface area contributed by atoms with Crippen molar-refractivity contribution >= 4 is 29.0 Å². The van der Waals surface area contributed by atoms with Crippen molar-refractivity contribution in [2.45, 2.75) is 13.3 Å². The Morgan fingerprint density at radius 1 is 0.960 bits per heavy atom. The summed E-state index contributed by atoms with van der Waals surface area (Å²) in [6.07, 6.45) is 0.862. The molecule has 132 valence electrons. The Morgan fingerprint density at radius 3 is 2.28 bits per heavy atom. The maximum Gasteiger partial charge on any atom is 0.323 e. The van der Waals surface area contributed by atoms with E-state index >= 15 is 0 Å². The predicted octanol–water partition coefficient (Wildman–Crippen LogP) is 3.54. The molecule has 0 atom stereocenters. The van der Waals surface area contributed by atoms with Gasteiger partial charge in [-0.3, -0.25) is 4.79 Å². The van der Waals surface area contributed by atoms with Gasteiger partial charge < -0.3 is 20.9 Å². The van der Waals surface area contributed by atoms with Crippen molar-refractivity contribution in [2.75, 3.05) is 36.2 Å². The van der Waals surface area contributed by atoms with Crippen LogP contribution < -0.4 is 20.9 Å². The summed E-state index contributed by atoms with van der Waals surface area (Å²) < 4.78 is 0. The van der Waals surface area contributed by atoms with Crippen LogP contribution in [0.2, 0.25) is 0 Å². The van der Waals surface area contributed by atoms with Crippen LogP contribution in [0.5, 0.6) is 0 Å². The summed E-state index contributed by atoms with van der Waals surface area (Å²) >= 11 is 0. The Labute approximate surface area is 148 Å². The number of carbonyl (C=O) groups is 2. The van der Waals surface area contributed by atoms with E-state index in [2.05, 4.69) is 16.0 Å². The maximum absolute atomic E-state index is 12.4. The zero-order valence-electron chi connectivity index (χ0n) is 14.8. The lowest BCUT2D eigenvalue weighted by Crippen LogP contribution is -2.27. The molecule has 0 aliphatic rings. The SMILES string of the molecule is CCCNC(=O)c1cc(NC(=O)Nc2ccccc2)ccc1N(C)C. The quantitative estimate of drug-likeness (QED) is 0.753. The molecule has 2 aromatic carbocycles. The molecule has 0 radical (unpaired) electrons. The average molecular weight is 340 g/mol. The third kappa shape index (κ3) is 5.24. The van der Waals surface area contributed by atoms with Crippen molar-refractivity contribution in [1.82, 2.24) is 5.32 Å². The molecular weight excluding hydrogens is 316 g/mol. The van der Waals surface area contributed by atoms with Crippen molar-refractivity contribution in [2.24, 2.45) is 0 Å². The first-order valence-corrected chi connectivity index (χ1v) is 8.24. The third-order valence-corrected chi connectivity index (χ3v) is 3.55. The summed E-state index contributed by atoms with van der Waals surface area (Å²) in [4.78, 5) is 26.4. The van der Waals surface area contributed by atoms with E-state index in [1.54, 1.807) is 24.3 Å². The van der Waals surface area contributed by atoms with Crippen LogP contribution >= 0.6 is 0 Å². The van der Waals surface area contributed by atoms with Gasteiger partial charge in [-0.05, 0) is 36.8 Å². The minimum Gasteiger partial charge on any atom is -0.377 e. The van der Waals surface area contributed by atoms with Gasteiger partial charge in [0.2, 0.25) is 0 Å². The number of carbonyl (C=O) groups excluding carboxylic acids is 2. The molecule has 0 aliphatic heterocycles. The summed E-state index contributed by atoms with van der Waals surface area (Å²) in [5, 5.41) is 8.38. The zero-order chi connectivity index (χ0) is 18.2. The van der Waals surface area contributed by atoms with Gasteiger partial charge in [-0.25, -0.2) is 4.79 Å². The molecule has 3 N–H and O–H groups in total. The van der Waals surface area contributed by atoms with E-state index in [4.69, 9.17) is 0 Å². The first-order valence-electron chi connectivity index (χ1n) is 8.24. The second kappa shape index (κ2) is 8.73. The monoisotopic (exact) mass is 340 g/mol. The van der Waals surface area contributed by atoms with Crippen LogP contribution in [0.25, 0.3) is 0 Å². The van der Waals surface area contributed by atoms with Crippen molar-refractivity contribution in [3.05, 3.63) is 54.1 Å². The summed E-state index contributed by atoms with van der Waals surface area (Å²) in [5.41, 5.74) is 2.57. The van der Waals surface area contributed by atoms with Gasteiger partial charge in [-0.2, -0.15) is 0 Å². The number of hydrogen-bond acceptors (Lipinski definition) is 3. The third-order valence-electron chi connectivity index (χ3n) is 3.55. The Morgan fingerprint density at radius 2 is 1.64 bits per heavy atom. The molecule has 6 heteroatoms. The van der Waals surface area contributed by atoms with Crippen LogP contribution in [0.3, 0.4) is 0 Å². The van der Waals surface area contributed by atoms with Gasteiger partial charge in [0.15, 0.2) is 0 Å². The lowest BCUT2D eigenvalue weighted by atomic mass is 10.1. The summed E-state index contributed by atoms with van der Waals surface area (Å²) in [6.45, 7) is 2.61. The van der Waals surface area contributed by atoms with Gasteiger partial charge in [-0.1, -0.05) is 25.1 Å². The largest absolute Gasteiger partial charge is 0.377 e. The molecule has 0 bridgehead atoms. The Kier molecular flexibility index (Phi) is 6.39. The van der Waals surface area contributed by atoms with Crippen LogP contribution in [0.4, 0.5) is 21.9 Å². The van der Waals surface area contributed by atoms with E-state index in [-0.39, 0.29) is 11.9 Å². The zero-order valence-corrected chi connectivity index (χ0v) is 14.8. The minimum atomic E-state index is -0.358. The highest BCUT2D eigenvalue weighted by molar-refractivity contribution is 6.03. The van der Waals surface area contributed by atoms with Gasteiger partial charge in [-0.15, -0.1) is 0 Å². The van der Waals surface area contributed by atoms with Crippen LogP contribution in [-0.4, -0.2) is 32.6 Å². The highest BCUT2D eigenvalue weighted by Crippen LogP contribution is 2.23. The molecule has 3 amide bonds. The highest BCUT2D eigenvalue weighted by atomic mass is 16.2. The van der Waals surface area contributed by atoms with Gasteiger partial charge in [0.1, 0.15) is 0 Å². The van der Waals surface area contributed by atoms with Crippen molar-refractivity contribution in [1.29, 1.82) is 0 Å². The fourth-order valence-electron chi connectivity index (χ4n) is 2.33. The lowest BCUT2D eigenvalue weighted by molar-refractivity contribution is 0.0954. The van der Waals surface area contributed by atoms with Crippen LogP contribution in [-0.2, 0) is 0 Å². The van der Waals surface area contributed by atoms with E-state index in [9.17, 15) is 9.59 Å². The Hall–Kier alpha value is -3.02. The molecule has 0 saturated carbocycles. The average Bonchev–Trinajstić information content (AvgIpc) is 2.60. The number of urea groups is 1. The second-order valence-corrected chi connectivity index (χ2v) is 5.83. The highest BCUT2D eigenvalue weighted by Gasteiger charge is 2.14. The smallest absolute Gasteiger partial charge is 0.323 e. The van der Waals surface area contributed by atoms with Gasteiger partial charge >= 0.3 is 6.03 Å². The van der Waals surface area contributed by atoms with Crippen molar-refractivity contribution < 1.29 is 9.59 Å². The number of nitrogens with one attached hydrogen (secondary N) is 3. The van der Waals surface area contributed by atoms with Crippen molar-refractivity contribution in [3.8, 4) is 0 Å². The van der Waals surface area contributed by atoms with E-state index in [0.29, 0.717) is 23.5 Å². The first-order chi connectivity index (χ1) is 12.0. The van der Waals surface area contributed by atoms with Gasteiger partial charge in [0.25, 0.3) is 5.91 Å². The minimum absolute atomic E-state index is 0.155. The molecule has 2 rings (SSSR count). The summed E-state index contributed by atoms with van der Waals surface area (Å²) in [7, 11) is 3.75. The molecule has 6 nitrogen and oxygen atoms in total. The molecule has 0 fully saturated rings. The normalized spacial score (nSPS) is 10.0. The molecule has 0 heterocycles. The molecule has 25 heavy (non-hydrogen) atoms. The molecule has 0 saturated heterocycles. The Balaban J connectivity index is 2.15. The fourth-order valence-corrected chi connectivity index (χ4v) is 2.33. The topological polar surface area (TPSA) is 73.5 Å². The van der Waals surface area contributed by atoms with Crippen molar-refractivity contribution in [3.63, 3.8) is 0 Å². The predicted molar refractivity (Wildman–Crippen MR) is 102 cm³/mol. The molecule has 0 aliphatic carbocycles. The van der Waals surface area contributed by atoms with E-state index in [1.807, 2.05) is 50.2 Å². The molecule has 2 aromatic rings. The number of para-hydroxylation sites is 1. The van der Waals surface area contributed by atoms with Crippen LogP contribution in [0.1, 0.15) is 23.7 Å². The van der Waals surface area contributed by atoms with Gasteiger partial charge in [0, 0.05) is 37.7 Å². The fraction of sp³-hybridized carbons (Fsp3) is 0.263. The number of rotatable bonds is 6. The van der Waals surface area contributed by atoms with Gasteiger partial charge in [0.05, 0.1) is 5.56 Å². The summed E-state index contributed by atoms with van der Waals surface area (Å²) in [5.74, 6) is -0.155. The van der Waals surface area contributed by atoms with E-state index in [1.165, 1.54) is 0 Å². The summed E-state index contributed by atoms with van der Waals surface area (Å²) in [6, 6.07) is 14.1.